The van der Waals surface area contributed by atoms with Crippen molar-refractivity contribution in [3.63, 3.8) is 0 Å². The fourth-order valence-electron chi connectivity index (χ4n) is 1.51. The van der Waals surface area contributed by atoms with Crippen molar-refractivity contribution in [1.29, 1.82) is 0 Å². The van der Waals surface area contributed by atoms with Gasteiger partial charge < -0.3 is 9.84 Å². The van der Waals surface area contributed by atoms with Crippen LogP contribution in [0.3, 0.4) is 0 Å². The van der Waals surface area contributed by atoms with E-state index in [-0.39, 0.29) is 10.6 Å². The number of methoxy groups -OCH3 is 1. The molecule has 0 fully saturated rings. The maximum absolute atomic E-state index is 13.3. The summed E-state index contributed by atoms with van der Waals surface area (Å²) in [6.07, 6.45) is 0. The minimum atomic E-state index is -1.01. The zero-order valence-electron chi connectivity index (χ0n) is 9.73. The molecule has 0 spiro atoms. The van der Waals surface area contributed by atoms with Crippen LogP contribution in [0.25, 0.3) is 10.6 Å². The van der Waals surface area contributed by atoms with E-state index < -0.39 is 11.8 Å². The first-order valence-electron chi connectivity index (χ1n) is 5.07. The van der Waals surface area contributed by atoms with Crippen molar-refractivity contribution < 1.29 is 19.0 Å². The number of carboxylic acid groups (broad SMARTS) is 1. The van der Waals surface area contributed by atoms with Gasteiger partial charge in [0.25, 0.3) is 0 Å². The maximum Gasteiger partial charge on any atom is 0.347 e. The lowest BCUT2D eigenvalue weighted by atomic mass is 10.2. The van der Waals surface area contributed by atoms with Crippen LogP contribution in [0.1, 0.15) is 15.4 Å². The van der Waals surface area contributed by atoms with E-state index in [0.29, 0.717) is 16.3 Å². The van der Waals surface area contributed by atoms with Gasteiger partial charge in [0.1, 0.15) is 9.88 Å². The van der Waals surface area contributed by atoms with Crippen molar-refractivity contribution >= 4 is 17.3 Å². The molecular weight excluding hydrogens is 257 g/mol. The number of thiazole rings is 1. The molecule has 94 valence electrons. The van der Waals surface area contributed by atoms with Gasteiger partial charge in [-0.15, -0.1) is 11.3 Å². The maximum atomic E-state index is 13.3. The summed E-state index contributed by atoms with van der Waals surface area (Å²) in [7, 11) is 1.37. The first kappa shape index (κ1) is 12.5. The molecule has 2 rings (SSSR count). The number of nitrogens with zero attached hydrogens (tertiary/aromatic N) is 1. The average Bonchev–Trinajstić information content (AvgIpc) is 2.72. The van der Waals surface area contributed by atoms with Crippen LogP contribution in [-0.4, -0.2) is 23.2 Å². The predicted octanol–water partition coefficient (Wildman–Crippen LogP) is 2.96. The van der Waals surface area contributed by atoms with E-state index in [2.05, 4.69) is 4.98 Å². The number of rotatable bonds is 3. The molecule has 0 aliphatic carbocycles. The third-order valence-corrected chi connectivity index (χ3v) is 3.58. The van der Waals surface area contributed by atoms with Crippen LogP contribution in [0.2, 0.25) is 0 Å². The van der Waals surface area contributed by atoms with E-state index in [4.69, 9.17) is 9.84 Å². The van der Waals surface area contributed by atoms with E-state index in [1.165, 1.54) is 19.2 Å². The lowest BCUT2D eigenvalue weighted by molar-refractivity contribution is 0.0701. The topological polar surface area (TPSA) is 59.4 Å². The summed E-state index contributed by atoms with van der Waals surface area (Å²) >= 11 is 1.06. The van der Waals surface area contributed by atoms with Gasteiger partial charge in [0.2, 0.25) is 0 Å². The summed E-state index contributed by atoms with van der Waals surface area (Å²) in [6, 6.07) is 4.31. The molecule has 0 aliphatic heterocycles. The Hall–Kier alpha value is -1.95. The predicted molar refractivity (Wildman–Crippen MR) is 65.8 cm³/mol. The van der Waals surface area contributed by atoms with Crippen LogP contribution >= 0.6 is 11.3 Å². The highest BCUT2D eigenvalue weighted by atomic mass is 32.1. The third-order valence-electron chi connectivity index (χ3n) is 2.39. The van der Waals surface area contributed by atoms with Crippen molar-refractivity contribution in [2.75, 3.05) is 7.11 Å². The van der Waals surface area contributed by atoms with Crippen LogP contribution in [0.5, 0.6) is 5.75 Å². The number of hydrogen-bond donors (Lipinski definition) is 1. The molecule has 0 saturated carbocycles. The summed E-state index contributed by atoms with van der Waals surface area (Å²) in [4.78, 5) is 15.3. The molecule has 18 heavy (non-hydrogen) atoms. The summed E-state index contributed by atoms with van der Waals surface area (Å²) in [6.45, 7) is 1.63. The molecule has 0 radical (unpaired) electrons. The highest BCUT2D eigenvalue weighted by Crippen LogP contribution is 2.31. The van der Waals surface area contributed by atoms with Crippen LogP contribution in [-0.2, 0) is 0 Å². The standard InChI is InChI=1S/C12H10FNO3S/c1-6-10(12(15)16)18-11(14-6)7-3-4-8(13)9(5-7)17-2/h3-5H,1-2H3,(H,15,16). The number of carbonyl (C=O) groups is 1. The Labute approximate surface area is 107 Å². The van der Waals surface area contributed by atoms with E-state index in [1.54, 1.807) is 13.0 Å². The number of ether oxygens (including phenoxy) is 1. The zero-order valence-corrected chi connectivity index (χ0v) is 10.5. The molecule has 1 N–H and O–H groups in total. The van der Waals surface area contributed by atoms with Crippen molar-refractivity contribution in [3.8, 4) is 16.3 Å². The smallest absolute Gasteiger partial charge is 0.347 e. The van der Waals surface area contributed by atoms with E-state index in [0.717, 1.165) is 11.3 Å². The fourth-order valence-corrected chi connectivity index (χ4v) is 2.41. The van der Waals surface area contributed by atoms with Gasteiger partial charge in [0.15, 0.2) is 11.6 Å². The molecule has 0 atom stereocenters. The average molecular weight is 267 g/mol. The van der Waals surface area contributed by atoms with Gasteiger partial charge in [-0.05, 0) is 25.1 Å². The highest BCUT2D eigenvalue weighted by molar-refractivity contribution is 7.17. The zero-order chi connectivity index (χ0) is 13.3. The second kappa shape index (κ2) is 4.73. The lowest BCUT2D eigenvalue weighted by Crippen LogP contribution is -1.94. The van der Waals surface area contributed by atoms with Gasteiger partial charge in [0, 0.05) is 5.56 Å². The largest absolute Gasteiger partial charge is 0.494 e. The molecule has 4 nitrogen and oxygen atoms in total. The van der Waals surface area contributed by atoms with Gasteiger partial charge in [-0.3, -0.25) is 0 Å². The number of carboxylic acids is 1. The van der Waals surface area contributed by atoms with Crippen LogP contribution in [0.4, 0.5) is 4.39 Å². The molecule has 2 aromatic rings. The van der Waals surface area contributed by atoms with Gasteiger partial charge in [-0.25, -0.2) is 14.2 Å². The highest BCUT2D eigenvalue weighted by Gasteiger charge is 2.16. The van der Waals surface area contributed by atoms with E-state index in [9.17, 15) is 9.18 Å². The number of hydrogen-bond acceptors (Lipinski definition) is 4. The number of aromatic carboxylic acids is 1. The molecule has 1 aromatic carbocycles. The van der Waals surface area contributed by atoms with Gasteiger partial charge >= 0.3 is 5.97 Å². The summed E-state index contributed by atoms with van der Waals surface area (Å²) in [5.74, 6) is -1.37. The van der Waals surface area contributed by atoms with E-state index in [1.807, 2.05) is 0 Å². The summed E-state index contributed by atoms with van der Waals surface area (Å²) in [5.41, 5.74) is 1.08. The molecule has 6 heteroatoms. The fraction of sp³-hybridized carbons (Fsp3) is 0.167. The molecule has 0 aliphatic rings. The van der Waals surface area contributed by atoms with Gasteiger partial charge in [0.05, 0.1) is 12.8 Å². The second-order valence-electron chi connectivity index (χ2n) is 3.59. The first-order chi connectivity index (χ1) is 8.52. The Morgan fingerprint density at radius 2 is 2.22 bits per heavy atom. The minimum Gasteiger partial charge on any atom is -0.494 e. The van der Waals surface area contributed by atoms with Crippen LogP contribution in [0, 0.1) is 12.7 Å². The van der Waals surface area contributed by atoms with Crippen molar-refractivity contribution in [1.82, 2.24) is 4.98 Å². The first-order valence-corrected chi connectivity index (χ1v) is 5.89. The van der Waals surface area contributed by atoms with Crippen molar-refractivity contribution in [2.24, 2.45) is 0 Å². The molecular formula is C12H10FNO3S. The third kappa shape index (κ3) is 2.19. The summed E-state index contributed by atoms with van der Waals surface area (Å²) < 4.78 is 18.1. The van der Waals surface area contributed by atoms with Crippen LogP contribution < -0.4 is 4.74 Å². The summed E-state index contributed by atoms with van der Waals surface area (Å²) in [5, 5.41) is 9.49. The molecule has 1 heterocycles. The SMILES string of the molecule is COc1cc(-c2nc(C)c(C(=O)O)s2)ccc1F. The quantitative estimate of drug-likeness (QED) is 0.928. The number of benzene rings is 1. The minimum absolute atomic E-state index is 0.109. The number of aromatic nitrogens is 1. The molecule has 0 unspecified atom stereocenters. The molecule has 0 amide bonds. The monoisotopic (exact) mass is 267 g/mol. The molecule has 0 bridgehead atoms. The Morgan fingerprint density at radius 1 is 1.50 bits per heavy atom. The van der Waals surface area contributed by atoms with E-state index >= 15 is 0 Å². The molecule has 0 saturated heterocycles. The Morgan fingerprint density at radius 3 is 2.78 bits per heavy atom. The Bertz CT molecular complexity index is 609. The van der Waals surface area contributed by atoms with Crippen molar-refractivity contribution in [3.05, 3.63) is 34.6 Å². The van der Waals surface area contributed by atoms with Crippen molar-refractivity contribution in [2.45, 2.75) is 6.92 Å². The molecule has 1 aromatic heterocycles. The van der Waals surface area contributed by atoms with Crippen LogP contribution in [0.15, 0.2) is 18.2 Å². The Balaban J connectivity index is 2.49. The Kier molecular flexibility index (Phi) is 3.29. The number of aryl methyl sites for hydroxylation is 1. The van der Waals surface area contributed by atoms with Gasteiger partial charge in [-0.1, -0.05) is 0 Å². The lowest BCUT2D eigenvalue weighted by Gasteiger charge is -2.03. The normalized spacial score (nSPS) is 10.4. The van der Waals surface area contributed by atoms with Gasteiger partial charge in [-0.2, -0.15) is 0 Å². The number of halogens is 1. The second-order valence-corrected chi connectivity index (χ2v) is 4.59.